The van der Waals surface area contributed by atoms with Gasteiger partial charge in [-0.25, -0.2) is 13.8 Å². The zero-order chi connectivity index (χ0) is 30.0. The molecule has 2 aromatic heterocycles. The molecule has 0 spiro atoms. The molecule has 44 heavy (non-hydrogen) atoms. The molecule has 8 rings (SSSR count). The van der Waals surface area contributed by atoms with Gasteiger partial charge in [-0.3, -0.25) is 9.47 Å². The van der Waals surface area contributed by atoms with E-state index in [1.807, 2.05) is 0 Å². The van der Waals surface area contributed by atoms with E-state index in [2.05, 4.69) is 31.0 Å². The van der Waals surface area contributed by atoms with E-state index in [4.69, 9.17) is 21.1 Å². The second kappa shape index (κ2) is 10.4. The molecule has 6 heterocycles. The number of hydrogen-bond donors (Lipinski definition) is 2. The van der Waals surface area contributed by atoms with Gasteiger partial charge in [0, 0.05) is 55.3 Å². The average Bonchev–Trinajstić information content (AvgIpc) is 3.79. The van der Waals surface area contributed by atoms with Crippen LogP contribution >= 0.6 is 0 Å². The SMILES string of the molecule is C#Cc1c(F)ccc2cc(O)cc(-c3cn(-c4nc(OC[C@@]56CCCN5C[C@H](F)C6)nc(N5C[C@H]6CC[C@@H](C5)N6)n4)cn3)c12. The second-order valence-electron chi connectivity index (χ2n) is 12.4. The maximum atomic E-state index is 14.7. The summed E-state index contributed by atoms with van der Waals surface area (Å²) in [6.45, 7) is 3.15. The van der Waals surface area contributed by atoms with E-state index < -0.39 is 12.0 Å². The number of aromatic hydroxyl groups is 1. The highest BCUT2D eigenvalue weighted by atomic mass is 19.1. The molecule has 0 radical (unpaired) electrons. The number of alkyl halides is 1. The zero-order valence-corrected chi connectivity index (χ0v) is 24.1. The van der Waals surface area contributed by atoms with Crippen molar-refractivity contribution in [3.8, 4) is 41.3 Å². The van der Waals surface area contributed by atoms with E-state index in [9.17, 15) is 13.9 Å². The molecule has 4 atom stereocenters. The fourth-order valence-electron chi connectivity index (χ4n) is 7.60. The van der Waals surface area contributed by atoms with Crippen molar-refractivity contribution in [3.63, 3.8) is 0 Å². The Kier molecular flexibility index (Phi) is 6.43. The van der Waals surface area contributed by atoms with Crippen LogP contribution in [0.5, 0.6) is 11.8 Å². The molecule has 226 valence electrons. The number of ether oxygens (including phenoxy) is 1. The number of phenols is 1. The van der Waals surface area contributed by atoms with Gasteiger partial charge in [0.2, 0.25) is 11.9 Å². The number of piperazine rings is 1. The van der Waals surface area contributed by atoms with Crippen molar-refractivity contribution >= 4 is 16.7 Å². The number of rotatable bonds is 6. The van der Waals surface area contributed by atoms with Crippen LogP contribution in [0.4, 0.5) is 14.7 Å². The standard InChI is InChI=1S/C32H32F2N8O2/c1-2-24-26(34)7-4-19-10-23(43)11-25(28(19)24)27-16-41(18-35-27)30-37-29(40-14-21-5-6-22(15-40)36-21)38-31(39-30)44-17-32-8-3-9-42(32)13-20(33)12-32/h1,4,7,10-11,16,18,20-22,36,43H,3,5-6,8-9,12-15,17H2/t20-,21-,22+,32+/m1/s1. The number of imidazole rings is 1. The topological polar surface area (TPSA) is 104 Å². The Morgan fingerprint density at radius 1 is 1.11 bits per heavy atom. The molecule has 10 nitrogen and oxygen atoms in total. The van der Waals surface area contributed by atoms with Gasteiger partial charge in [-0.05, 0) is 55.8 Å². The third-order valence-electron chi connectivity index (χ3n) is 9.61. The predicted molar refractivity (Wildman–Crippen MR) is 160 cm³/mol. The maximum absolute atomic E-state index is 14.7. The molecule has 0 unspecified atom stereocenters. The summed E-state index contributed by atoms with van der Waals surface area (Å²) in [4.78, 5) is 23.1. The predicted octanol–water partition coefficient (Wildman–Crippen LogP) is 3.60. The van der Waals surface area contributed by atoms with E-state index in [0.717, 1.165) is 45.3 Å². The molecule has 12 heteroatoms. The van der Waals surface area contributed by atoms with Gasteiger partial charge in [-0.2, -0.15) is 15.0 Å². The number of benzene rings is 2. The first-order chi connectivity index (χ1) is 21.4. The normalized spacial score (nSPS) is 26.3. The molecule has 4 fully saturated rings. The average molecular weight is 599 g/mol. The summed E-state index contributed by atoms with van der Waals surface area (Å²) < 4.78 is 37.0. The summed E-state index contributed by atoms with van der Waals surface area (Å²) in [6, 6.07) is 6.84. The lowest BCUT2D eigenvalue weighted by molar-refractivity contribution is 0.107. The van der Waals surface area contributed by atoms with E-state index in [1.165, 1.54) is 12.1 Å². The van der Waals surface area contributed by atoms with Crippen LogP contribution in [0.25, 0.3) is 28.0 Å². The highest BCUT2D eigenvalue weighted by Gasteiger charge is 2.49. The largest absolute Gasteiger partial charge is 0.508 e. The van der Waals surface area contributed by atoms with Crippen molar-refractivity contribution in [3.05, 3.63) is 48.2 Å². The van der Waals surface area contributed by atoms with Gasteiger partial charge in [0.25, 0.3) is 0 Å². The van der Waals surface area contributed by atoms with Crippen LogP contribution in [-0.2, 0) is 0 Å². The first-order valence-corrected chi connectivity index (χ1v) is 15.1. The van der Waals surface area contributed by atoms with Gasteiger partial charge in [0.05, 0.1) is 16.8 Å². The maximum Gasteiger partial charge on any atom is 0.323 e. The zero-order valence-electron chi connectivity index (χ0n) is 24.1. The Hall–Kier alpha value is -4.34. The molecule has 4 aromatic rings. The van der Waals surface area contributed by atoms with Crippen molar-refractivity contribution in [2.45, 2.75) is 55.9 Å². The number of nitrogens with one attached hydrogen (secondary N) is 1. The number of phenolic OH excluding ortho intramolecular Hbond substituents is 1. The monoisotopic (exact) mass is 598 g/mol. The van der Waals surface area contributed by atoms with E-state index in [1.54, 1.807) is 29.2 Å². The molecule has 2 aromatic carbocycles. The van der Waals surface area contributed by atoms with Gasteiger partial charge in [-0.1, -0.05) is 12.0 Å². The molecule has 0 saturated carbocycles. The van der Waals surface area contributed by atoms with Crippen molar-refractivity contribution in [2.75, 3.05) is 37.7 Å². The molecule has 2 bridgehead atoms. The number of aromatic nitrogens is 5. The van der Waals surface area contributed by atoms with Crippen molar-refractivity contribution in [1.82, 2.24) is 34.7 Å². The number of halogens is 2. The van der Waals surface area contributed by atoms with Gasteiger partial charge < -0.3 is 20.1 Å². The fraction of sp³-hybridized carbons (Fsp3) is 0.438. The van der Waals surface area contributed by atoms with E-state index in [0.29, 0.717) is 65.6 Å². The van der Waals surface area contributed by atoms with Gasteiger partial charge in [0.15, 0.2) is 0 Å². The van der Waals surface area contributed by atoms with Crippen LogP contribution in [-0.4, -0.2) is 91.1 Å². The smallest absolute Gasteiger partial charge is 0.323 e. The molecule has 4 saturated heterocycles. The number of anilines is 1. The molecule has 0 amide bonds. The highest BCUT2D eigenvalue weighted by molar-refractivity contribution is 6.01. The van der Waals surface area contributed by atoms with Gasteiger partial charge in [0.1, 0.15) is 30.7 Å². The van der Waals surface area contributed by atoms with Crippen LogP contribution < -0.4 is 15.0 Å². The van der Waals surface area contributed by atoms with Crippen LogP contribution in [0.2, 0.25) is 0 Å². The minimum absolute atomic E-state index is 0.00543. The molecule has 4 aliphatic heterocycles. The summed E-state index contributed by atoms with van der Waals surface area (Å²) in [5.74, 6) is 2.74. The number of hydrogen-bond acceptors (Lipinski definition) is 9. The first kappa shape index (κ1) is 27.2. The third kappa shape index (κ3) is 4.62. The summed E-state index contributed by atoms with van der Waals surface area (Å²) in [5, 5.41) is 15.2. The van der Waals surface area contributed by atoms with Crippen molar-refractivity contribution in [1.29, 1.82) is 0 Å². The fourth-order valence-corrected chi connectivity index (χ4v) is 7.60. The number of fused-ring (bicyclic) bond motifs is 4. The second-order valence-corrected chi connectivity index (χ2v) is 12.4. The number of terminal acetylenes is 1. The molecule has 2 N–H and O–H groups in total. The Bertz CT molecular complexity index is 1800. The third-order valence-corrected chi connectivity index (χ3v) is 9.61. The summed E-state index contributed by atoms with van der Waals surface area (Å²) in [5.41, 5.74) is 0.695. The molecule has 0 aliphatic carbocycles. The summed E-state index contributed by atoms with van der Waals surface area (Å²) in [7, 11) is 0. The van der Waals surface area contributed by atoms with Crippen LogP contribution in [0.15, 0.2) is 36.8 Å². The lowest BCUT2D eigenvalue weighted by Crippen LogP contribution is -2.51. The Labute approximate surface area is 253 Å². The van der Waals surface area contributed by atoms with Gasteiger partial charge in [-0.15, -0.1) is 6.42 Å². The van der Waals surface area contributed by atoms with Crippen molar-refractivity contribution in [2.24, 2.45) is 0 Å². The summed E-state index contributed by atoms with van der Waals surface area (Å²) in [6.07, 6.45) is 12.7. The van der Waals surface area contributed by atoms with Crippen LogP contribution in [0.1, 0.15) is 37.7 Å². The molecular formula is C32H32F2N8O2. The minimum Gasteiger partial charge on any atom is -0.508 e. The quantitative estimate of drug-likeness (QED) is 0.322. The van der Waals surface area contributed by atoms with E-state index >= 15 is 0 Å². The van der Waals surface area contributed by atoms with Gasteiger partial charge >= 0.3 is 6.01 Å². The molecular weight excluding hydrogens is 566 g/mol. The Morgan fingerprint density at radius 2 is 1.93 bits per heavy atom. The molecule has 4 aliphatic rings. The lowest BCUT2D eigenvalue weighted by atomic mass is 9.95. The Balaban J connectivity index is 1.17. The number of nitrogens with zero attached hydrogens (tertiary/aromatic N) is 7. The van der Waals surface area contributed by atoms with Crippen LogP contribution in [0.3, 0.4) is 0 Å². The van der Waals surface area contributed by atoms with Crippen LogP contribution in [0, 0.1) is 18.2 Å². The minimum atomic E-state index is -0.860. The summed E-state index contributed by atoms with van der Waals surface area (Å²) >= 11 is 0. The highest BCUT2D eigenvalue weighted by Crippen LogP contribution is 2.40. The lowest BCUT2D eigenvalue weighted by Gasteiger charge is -2.33. The Morgan fingerprint density at radius 3 is 2.75 bits per heavy atom. The van der Waals surface area contributed by atoms with E-state index in [-0.39, 0.29) is 22.9 Å². The first-order valence-electron chi connectivity index (χ1n) is 15.1. The van der Waals surface area contributed by atoms with Crippen molar-refractivity contribution < 1.29 is 18.6 Å².